The van der Waals surface area contributed by atoms with E-state index in [1.807, 2.05) is 31.2 Å². The van der Waals surface area contributed by atoms with Crippen molar-refractivity contribution in [2.45, 2.75) is 26.2 Å². The van der Waals surface area contributed by atoms with Crippen LogP contribution in [0.25, 0.3) is 5.57 Å². The fraction of sp³-hybridized carbons (Fsp3) is 0.156. The van der Waals surface area contributed by atoms with Crippen LogP contribution in [-0.4, -0.2) is 38.5 Å². The minimum Gasteiger partial charge on any atom is -0.481 e. The number of aromatic nitrogens is 2. The molecule has 0 radical (unpaired) electrons. The molecule has 0 unspecified atom stereocenters. The molecular weight excluding hydrogens is 534 g/mol. The molecule has 212 valence electrons. The zero-order valence-corrected chi connectivity index (χ0v) is 23.1. The number of anilines is 3. The first-order valence-electron chi connectivity index (χ1n) is 13.4. The van der Waals surface area contributed by atoms with E-state index in [2.05, 4.69) is 21.0 Å². The Bertz CT molecular complexity index is 1740. The maximum absolute atomic E-state index is 13.3. The lowest BCUT2D eigenvalue weighted by Crippen LogP contribution is -2.13. The van der Waals surface area contributed by atoms with Crippen molar-refractivity contribution in [3.8, 4) is 0 Å². The smallest absolute Gasteiger partial charge is 0.303 e. The quantitative estimate of drug-likeness (QED) is 0.159. The highest BCUT2D eigenvalue weighted by molar-refractivity contribution is 6.32. The lowest BCUT2D eigenvalue weighted by Gasteiger charge is -2.08. The number of carboxylic acids is 1. The molecule has 0 spiro atoms. The molecule has 2 heterocycles. The summed E-state index contributed by atoms with van der Waals surface area (Å²) in [6.45, 7) is 1.99. The number of nitrogens with one attached hydrogen (secondary N) is 3. The predicted octanol–water partition coefficient (Wildman–Crippen LogP) is 4.89. The highest BCUT2D eigenvalue weighted by Crippen LogP contribution is 2.33. The number of aliphatic carboxylic acids is 1. The number of hydrogen-bond donors (Lipinski definition) is 4. The number of benzene rings is 3. The van der Waals surface area contributed by atoms with E-state index in [0.717, 1.165) is 23.4 Å². The van der Waals surface area contributed by atoms with Crippen LogP contribution in [0, 0.1) is 0 Å². The predicted molar refractivity (Wildman–Crippen MR) is 159 cm³/mol. The topological polar surface area (TPSA) is 142 Å². The molecule has 4 aromatic rings. The van der Waals surface area contributed by atoms with Gasteiger partial charge in [-0.15, -0.1) is 0 Å². The molecule has 10 nitrogen and oxygen atoms in total. The number of amides is 2. The summed E-state index contributed by atoms with van der Waals surface area (Å²) in [7, 11) is 1.79. The molecule has 0 saturated carbocycles. The maximum atomic E-state index is 13.3. The maximum Gasteiger partial charge on any atom is 0.303 e. The minimum atomic E-state index is -0.846. The highest BCUT2D eigenvalue weighted by atomic mass is 16.4. The zero-order chi connectivity index (χ0) is 29.8. The lowest BCUT2D eigenvalue weighted by molar-refractivity contribution is -0.137. The first-order valence-corrected chi connectivity index (χ1v) is 13.4. The van der Waals surface area contributed by atoms with Gasteiger partial charge >= 0.3 is 5.97 Å². The summed E-state index contributed by atoms with van der Waals surface area (Å²) >= 11 is 0. The van der Waals surface area contributed by atoms with Crippen molar-refractivity contribution in [2.24, 2.45) is 7.05 Å². The molecule has 10 heteroatoms. The van der Waals surface area contributed by atoms with Gasteiger partial charge in [-0.25, -0.2) is 0 Å². The van der Waals surface area contributed by atoms with Crippen molar-refractivity contribution in [3.63, 3.8) is 0 Å². The lowest BCUT2D eigenvalue weighted by atomic mass is 9.99. The van der Waals surface area contributed by atoms with Gasteiger partial charge in [0.1, 0.15) is 0 Å². The number of nitrogens with zero attached hydrogens (tertiary/aromatic N) is 2. The van der Waals surface area contributed by atoms with Gasteiger partial charge in [-0.1, -0.05) is 43.3 Å². The van der Waals surface area contributed by atoms with Crippen molar-refractivity contribution in [1.82, 2.24) is 9.78 Å². The van der Waals surface area contributed by atoms with E-state index in [1.165, 1.54) is 0 Å². The first-order chi connectivity index (χ1) is 20.2. The molecule has 0 atom stereocenters. The zero-order valence-electron chi connectivity index (χ0n) is 23.1. The Morgan fingerprint density at radius 1 is 0.976 bits per heavy atom. The van der Waals surface area contributed by atoms with Gasteiger partial charge in [0, 0.05) is 59.1 Å². The van der Waals surface area contributed by atoms with Crippen LogP contribution >= 0.6 is 0 Å². The Hall–Kier alpha value is -5.51. The normalized spacial score (nSPS) is 13.0. The molecule has 2 amide bonds. The Morgan fingerprint density at radius 3 is 2.45 bits per heavy atom. The largest absolute Gasteiger partial charge is 0.481 e. The molecular formula is C32H29N5O5. The van der Waals surface area contributed by atoms with Gasteiger partial charge < -0.3 is 21.1 Å². The van der Waals surface area contributed by atoms with Gasteiger partial charge in [0.2, 0.25) is 0 Å². The van der Waals surface area contributed by atoms with Gasteiger partial charge in [-0.3, -0.25) is 23.9 Å². The summed E-state index contributed by atoms with van der Waals surface area (Å²) in [6.07, 6.45) is 2.86. The summed E-state index contributed by atoms with van der Waals surface area (Å²) in [5.41, 5.74) is 5.73. The molecule has 0 fully saturated rings. The third-order valence-corrected chi connectivity index (χ3v) is 6.98. The summed E-state index contributed by atoms with van der Waals surface area (Å²) in [6, 6.07) is 20.8. The van der Waals surface area contributed by atoms with E-state index < -0.39 is 5.97 Å². The van der Waals surface area contributed by atoms with Crippen LogP contribution in [0.15, 0.2) is 79.0 Å². The summed E-state index contributed by atoms with van der Waals surface area (Å²) in [5, 5.41) is 21.8. The molecule has 1 aliphatic rings. The number of hydrogen-bond acceptors (Lipinski definition) is 6. The Kier molecular flexibility index (Phi) is 7.96. The first kappa shape index (κ1) is 28.0. The van der Waals surface area contributed by atoms with E-state index in [-0.39, 0.29) is 24.0 Å². The third kappa shape index (κ3) is 6.12. The van der Waals surface area contributed by atoms with Crippen LogP contribution < -0.4 is 16.0 Å². The van der Waals surface area contributed by atoms with E-state index in [1.54, 1.807) is 66.5 Å². The van der Waals surface area contributed by atoms with Crippen LogP contribution in [0.2, 0.25) is 0 Å². The Morgan fingerprint density at radius 2 is 1.74 bits per heavy atom. The summed E-state index contributed by atoms with van der Waals surface area (Å²) in [4.78, 5) is 49.5. The van der Waals surface area contributed by atoms with Crippen molar-refractivity contribution < 1.29 is 24.3 Å². The van der Waals surface area contributed by atoms with Crippen molar-refractivity contribution in [1.29, 1.82) is 0 Å². The van der Waals surface area contributed by atoms with Crippen LogP contribution in [0.1, 0.15) is 56.6 Å². The van der Waals surface area contributed by atoms with E-state index in [0.29, 0.717) is 45.8 Å². The second-order valence-corrected chi connectivity index (χ2v) is 9.87. The molecule has 0 bridgehead atoms. The fourth-order valence-corrected chi connectivity index (χ4v) is 4.70. The summed E-state index contributed by atoms with van der Waals surface area (Å²) < 4.78 is 1.67. The minimum absolute atomic E-state index is 0.0616. The number of rotatable bonds is 10. The standard InChI is InChI=1S/C32H29N5O5/c1-3-24-17-28(36-37(24)2)32(42)34-23-6-4-5-20(15-23)30(40)21-10-13-25-26(31(41)35-27(25)16-21)18-33-22-11-7-19(8-12-22)9-14-29(38)39/h4-8,10-13,15-18,33H,3,9,14H2,1-2H3,(H,34,42)(H,35,41)(H,38,39)/b26-18-. The van der Waals surface area contributed by atoms with Gasteiger partial charge in [-0.2, -0.15) is 5.10 Å². The molecule has 4 N–H and O–H groups in total. The fourth-order valence-electron chi connectivity index (χ4n) is 4.70. The second-order valence-electron chi connectivity index (χ2n) is 9.87. The molecule has 1 aliphatic heterocycles. The highest BCUT2D eigenvalue weighted by Gasteiger charge is 2.25. The number of carbonyl (C=O) groups excluding carboxylic acids is 3. The number of ketones is 1. The summed E-state index contributed by atoms with van der Waals surface area (Å²) in [5.74, 6) is -1.77. The van der Waals surface area contributed by atoms with E-state index in [9.17, 15) is 19.2 Å². The Balaban J connectivity index is 1.28. The number of aryl methyl sites for hydroxylation is 3. The number of fused-ring (bicyclic) bond motifs is 1. The monoisotopic (exact) mass is 563 g/mol. The van der Waals surface area contributed by atoms with Gasteiger partial charge in [0.05, 0.1) is 5.57 Å². The number of carboxylic acid groups (broad SMARTS) is 1. The van der Waals surface area contributed by atoms with Crippen molar-refractivity contribution >= 4 is 46.2 Å². The van der Waals surface area contributed by atoms with Crippen LogP contribution in [0.4, 0.5) is 17.1 Å². The third-order valence-electron chi connectivity index (χ3n) is 6.98. The van der Waals surface area contributed by atoms with Crippen LogP contribution in [0.3, 0.4) is 0 Å². The Labute approximate surface area is 242 Å². The van der Waals surface area contributed by atoms with Crippen LogP contribution in [-0.2, 0) is 29.5 Å². The molecule has 0 saturated heterocycles. The molecule has 42 heavy (non-hydrogen) atoms. The molecule has 0 aliphatic carbocycles. The van der Waals surface area contributed by atoms with Crippen LogP contribution in [0.5, 0.6) is 0 Å². The van der Waals surface area contributed by atoms with Gasteiger partial charge in [0.25, 0.3) is 11.8 Å². The number of carbonyl (C=O) groups is 4. The SMILES string of the molecule is CCc1cc(C(=O)Nc2cccc(C(=O)c3ccc4c(c3)NC(=O)/C4=C\Nc3ccc(CCC(=O)O)cc3)c2)nn1C. The average molecular weight is 564 g/mol. The second kappa shape index (κ2) is 11.9. The van der Waals surface area contributed by atoms with E-state index in [4.69, 9.17) is 5.11 Å². The molecule has 3 aromatic carbocycles. The molecule has 5 rings (SSSR count). The van der Waals surface area contributed by atoms with Gasteiger partial charge in [-0.05, 0) is 54.8 Å². The van der Waals surface area contributed by atoms with E-state index >= 15 is 0 Å². The van der Waals surface area contributed by atoms with Gasteiger partial charge in [0.15, 0.2) is 11.5 Å². The van der Waals surface area contributed by atoms with Crippen molar-refractivity contribution in [2.75, 3.05) is 16.0 Å². The average Bonchev–Trinajstić information content (AvgIpc) is 3.52. The molecule has 1 aromatic heterocycles. The van der Waals surface area contributed by atoms with Crippen molar-refractivity contribution in [3.05, 3.63) is 113 Å².